The number of nitrogens with zero attached hydrogens (tertiary/aromatic N) is 3. The van der Waals surface area contributed by atoms with Crippen LogP contribution in [0.1, 0.15) is 16.1 Å². The van der Waals surface area contributed by atoms with Gasteiger partial charge in [-0.25, -0.2) is 13.4 Å². The number of thiophene rings is 1. The minimum absolute atomic E-state index is 0.0836. The van der Waals surface area contributed by atoms with Gasteiger partial charge in [-0.3, -0.25) is 4.90 Å². The van der Waals surface area contributed by atoms with Crippen LogP contribution in [0.3, 0.4) is 0 Å². The molecule has 0 saturated carbocycles. The van der Waals surface area contributed by atoms with Crippen molar-refractivity contribution in [3.8, 4) is 0 Å². The van der Waals surface area contributed by atoms with Crippen molar-refractivity contribution in [3.63, 3.8) is 0 Å². The maximum absolute atomic E-state index is 12.8. The summed E-state index contributed by atoms with van der Waals surface area (Å²) in [6.07, 6.45) is 1.67. The van der Waals surface area contributed by atoms with E-state index in [4.69, 9.17) is 4.74 Å². The lowest BCUT2D eigenvalue weighted by Gasteiger charge is -2.18. The second-order valence-electron chi connectivity index (χ2n) is 6.67. The molecule has 8 heteroatoms. The maximum atomic E-state index is 12.8. The Bertz CT molecular complexity index is 968. The summed E-state index contributed by atoms with van der Waals surface area (Å²) < 4.78 is 32.3. The fourth-order valence-corrected chi connectivity index (χ4v) is 5.07. The van der Waals surface area contributed by atoms with Crippen LogP contribution in [0.15, 0.2) is 59.2 Å². The number of hydrogen-bond donors (Lipinski definition) is 0. The summed E-state index contributed by atoms with van der Waals surface area (Å²) in [5, 5.41) is 2.16. The van der Waals surface area contributed by atoms with Crippen LogP contribution in [-0.2, 0) is 34.2 Å². The third-order valence-electron chi connectivity index (χ3n) is 4.36. The van der Waals surface area contributed by atoms with Crippen molar-refractivity contribution in [2.75, 3.05) is 26.5 Å². The van der Waals surface area contributed by atoms with Crippen molar-refractivity contribution in [1.82, 2.24) is 14.5 Å². The van der Waals surface area contributed by atoms with E-state index >= 15 is 0 Å². The van der Waals surface area contributed by atoms with E-state index in [0.717, 1.165) is 17.8 Å². The number of benzene rings is 1. The van der Waals surface area contributed by atoms with Crippen LogP contribution in [0.25, 0.3) is 0 Å². The lowest BCUT2D eigenvalue weighted by Crippen LogP contribution is -2.22. The highest BCUT2D eigenvalue weighted by molar-refractivity contribution is 7.91. The molecule has 3 rings (SSSR count). The monoisotopic (exact) mass is 419 g/mol. The van der Waals surface area contributed by atoms with Gasteiger partial charge < -0.3 is 9.30 Å². The third-order valence-corrected chi connectivity index (χ3v) is 6.80. The van der Waals surface area contributed by atoms with Crippen molar-refractivity contribution in [2.24, 2.45) is 0 Å². The quantitative estimate of drug-likeness (QED) is 0.505. The molecule has 1 aromatic carbocycles. The topological polar surface area (TPSA) is 64.4 Å². The summed E-state index contributed by atoms with van der Waals surface area (Å²) in [6, 6.07) is 14.0. The highest BCUT2D eigenvalue weighted by Gasteiger charge is 2.24. The van der Waals surface area contributed by atoms with Crippen LogP contribution in [0.4, 0.5) is 0 Å². The largest absolute Gasteiger partial charge is 0.384 e. The molecule has 2 heterocycles. The average molecular weight is 420 g/mol. The van der Waals surface area contributed by atoms with Crippen LogP contribution in [0.5, 0.6) is 0 Å². The summed E-state index contributed by atoms with van der Waals surface area (Å²) in [7, 11) is -0.00426. The predicted molar refractivity (Wildman–Crippen MR) is 111 cm³/mol. The number of aromatic nitrogens is 2. The van der Waals surface area contributed by atoms with Crippen molar-refractivity contribution in [3.05, 3.63) is 70.2 Å². The molecule has 0 aliphatic carbocycles. The lowest BCUT2D eigenvalue weighted by molar-refractivity contribution is 0.217. The number of ether oxygens (including phenoxy) is 1. The van der Waals surface area contributed by atoms with Crippen LogP contribution >= 0.6 is 11.3 Å². The Morgan fingerprint density at radius 3 is 2.61 bits per heavy atom. The Kier molecular flexibility index (Phi) is 7.01. The van der Waals surface area contributed by atoms with Gasteiger partial charge in [0.15, 0.2) is 0 Å². The molecule has 0 fully saturated rings. The fraction of sp³-hybridized carbons (Fsp3) is 0.350. The van der Waals surface area contributed by atoms with Crippen LogP contribution in [-0.4, -0.2) is 49.4 Å². The van der Waals surface area contributed by atoms with E-state index < -0.39 is 9.84 Å². The Morgan fingerprint density at radius 1 is 1.14 bits per heavy atom. The zero-order valence-electron chi connectivity index (χ0n) is 16.1. The first-order valence-electron chi connectivity index (χ1n) is 9.00. The minimum Gasteiger partial charge on any atom is -0.384 e. The summed E-state index contributed by atoms with van der Waals surface area (Å²) in [5.74, 6) is -0.0836. The van der Waals surface area contributed by atoms with E-state index in [0.29, 0.717) is 13.1 Å². The van der Waals surface area contributed by atoms with E-state index in [2.05, 4.69) is 21.3 Å². The molecular weight excluding hydrogens is 394 g/mol. The first-order chi connectivity index (χ1) is 13.5. The number of hydrogen-bond acceptors (Lipinski definition) is 6. The maximum Gasteiger partial charge on any atom is 0.228 e. The van der Waals surface area contributed by atoms with Crippen LogP contribution in [0.2, 0.25) is 0 Å². The smallest absolute Gasteiger partial charge is 0.228 e. The highest BCUT2D eigenvalue weighted by Crippen LogP contribution is 2.19. The van der Waals surface area contributed by atoms with Gasteiger partial charge in [0, 0.05) is 25.1 Å². The molecule has 0 unspecified atom stereocenters. The van der Waals surface area contributed by atoms with Gasteiger partial charge in [0.2, 0.25) is 15.0 Å². The summed E-state index contributed by atoms with van der Waals surface area (Å²) in [4.78, 5) is 7.71. The van der Waals surface area contributed by atoms with Gasteiger partial charge in [-0.15, -0.1) is 11.3 Å². The second kappa shape index (κ2) is 9.47. The van der Waals surface area contributed by atoms with Gasteiger partial charge >= 0.3 is 0 Å². The van der Waals surface area contributed by atoms with E-state index in [1.165, 1.54) is 12.0 Å². The van der Waals surface area contributed by atoms with Gasteiger partial charge in [-0.05, 0) is 24.1 Å². The molecule has 2 aromatic heterocycles. The van der Waals surface area contributed by atoms with E-state index in [1.807, 2.05) is 48.0 Å². The summed E-state index contributed by atoms with van der Waals surface area (Å²) >= 11 is 1.71. The van der Waals surface area contributed by atoms with E-state index in [-0.39, 0.29) is 17.5 Å². The molecule has 0 amide bonds. The van der Waals surface area contributed by atoms with Crippen molar-refractivity contribution < 1.29 is 13.2 Å². The fourth-order valence-electron chi connectivity index (χ4n) is 2.99. The van der Waals surface area contributed by atoms with Crippen LogP contribution < -0.4 is 0 Å². The molecule has 0 atom stereocenters. The first-order valence-corrected chi connectivity index (χ1v) is 11.5. The number of imidazole rings is 1. The van der Waals surface area contributed by atoms with E-state index in [9.17, 15) is 8.42 Å². The molecule has 0 spiro atoms. The Labute approximate surface area is 170 Å². The van der Waals surface area contributed by atoms with Gasteiger partial charge in [0.05, 0.1) is 30.8 Å². The number of sulfone groups is 1. The normalized spacial score (nSPS) is 12.0. The van der Waals surface area contributed by atoms with Gasteiger partial charge in [0.1, 0.15) is 0 Å². The first kappa shape index (κ1) is 20.7. The zero-order valence-corrected chi connectivity index (χ0v) is 17.7. The van der Waals surface area contributed by atoms with E-state index in [1.54, 1.807) is 17.5 Å². The summed E-state index contributed by atoms with van der Waals surface area (Å²) in [6.45, 7) is 2.02. The molecule has 28 heavy (non-hydrogen) atoms. The van der Waals surface area contributed by atoms with Crippen molar-refractivity contribution in [1.29, 1.82) is 0 Å². The molecule has 0 N–H and O–H groups in total. The zero-order chi connectivity index (χ0) is 20.0. The third kappa shape index (κ3) is 5.29. The van der Waals surface area contributed by atoms with Gasteiger partial charge in [-0.2, -0.15) is 0 Å². The Hall–Kier alpha value is -2.00. The Balaban J connectivity index is 1.88. The molecule has 6 nitrogen and oxygen atoms in total. The molecule has 0 aliphatic rings. The predicted octanol–water partition coefficient (Wildman–Crippen LogP) is 3.05. The summed E-state index contributed by atoms with van der Waals surface area (Å²) in [5.41, 5.74) is 1.91. The molecule has 0 bridgehead atoms. The second-order valence-corrected chi connectivity index (χ2v) is 9.70. The molecule has 3 aromatic rings. The lowest BCUT2D eigenvalue weighted by atomic mass is 10.2. The van der Waals surface area contributed by atoms with Crippen molar-refractivity contribution >= 4 is 21.2 Å². The number of methoxy groups -OCH3 is 1. The van der Waals surface area contributed by atoms with Gasteiger partial charge in [-0.1, -0.05) is 36.4 Å². The standard InChI is InChI=1S/C20H25N3O3S2/c1-22(16-19-9-6-11-27-19)15-18-13-21-20(28(24,25)12-10-26-2)23(18)14-17-7-4-3-5-8-17/h3-9,11,13H,10,12,14-16H2,1-2H3. The van der Waals surface area contributed by atoms with Gasteiger partial charge in [0.25, 0.3) is 0 Å². The molecule has 150 valence electrons. The number of rotatable bonds is 10. The molecule has 0 saturated heterocycles. The molecule has 0 radical (unpaired) electrons. The Morgan fingerprint density at radius 2 is 1.93 bits per heavy atom. The molecule has 0 aliphatic heterocycles. The SMILES string of the molecule is COCCS(=O)(=O)c1ncc(CN(C)Cc2cccs2)n1Cc1ccccc1. The average Bonchev–Trinajstić information content (AvgIpc) is 3.32. The molecular formula is C20H25N3O3S2. The van der Waals surface area contributed by atoms with Crippen LogP contribution in [0, 0.1) is 0 Å². The van der Waals surface area contributed by atoms with Crippen molar-refractivity contribution in [2.45, 2.75) is 24.8 Å². The minimum atomic E-state index is -3.53. The highest BCUT2D eigenvalue weighted by atomic mass is 32.2.